The summed E-state index contributed by atoms with van der Waals surface area (Å²) in [6.45, 7) is 1.74. The van der Waals surface area contributed by atoms with Crippen molar-refractivity contribution in [3.8, 4) is 0 Å². The molecular weight excluding hydrogens is 320 g/mol. The van der Waals surface area contributed by atoms with E-state index in [4.69, 9.17) is 11.6 Å². The van der Waals surface area contributed by atoms with E-state index in [0.29, 0.717) is 22.7 Å². The summed E-state index contributed by atoms with van der Waals surface area (Å²) in [4.78, 5) is 27.0. The first-order valence-electron chi connectivity index (χ1n) is 6.66. The van der Waals surface area contributed by atoms with Gasteiger partial charge in [-0.2, -0.15) is 0 Å². The molecule has 8 heteroatoms. The van der Waals surface area contributed by atoms with E-state index in [9.17, 15) is 14.9 Å². The summed E-state index contributed by atoms with van der Waals surface area (Å²) >= 11 is 6.00. The first kappa shape index (κ1) is 15.0. The highest BCUT2D eigenvalue weighted by Gasteiger charge is 2.18. The molecule has 1 amide bonds. The summed E-state index contributed by atoms with van der Waals surface area (Å²) in [6, 6.07) is 9.29. The Labute approximate surface area is 135 Å². The van der Waals surface area contributed by atoms with Crippen molar-refractivity contribution in [2.75, 3.05) is 5.32 Å². The number of aryl methyl sites for hydroxylation is 1. The number of hydrogen-bond acceptors (Lipinski definition) is 4. The zero-order chi connectivity index (χ0) is 16.6. The Morgan fingerprint density at radius 1 is 1.35 bits per heavy atom. The quantitative estimate of drug-likeness (QED) is 0.588. The van der Waals surface area contributed by atoms with E-state index in [-0.39, 0.29) is 10.7 Å². The van der Waals surface area contributed by atoms with Crippen LogP contribution < -0.4 is 5.32 Å². The van der Waals surface area contributed by atoms with E-state index in [0.717, 1.165) is 0 Å². The third-order valence-corrected chi connectivity index (χ3v) is 3.64. The van der Waals surface area contributed by atoms with Gasteiger partial charge < -0.3 is 5.32 Å². The molecular formula is C15H11ClN4O3. The summed E-state index contributed by atoms with van der Waals surface area (Å²) in [7, 11) is 0. The maximum atomic E-state index is 12.5. The molecule has 23 heavy (non-hydrogen) atoms. The molecule has 7 nitrogen and oxygen atoms in total. The average Bonchev–Trinajstić information content (AvgIpc) is 2.84. The van der Waals surface area contributed by atoms with E-state index in [1.807, 2.05) is 6.07 Å². The highest BCUT2D eigenvalue weighted by Crippen LogP contribution is 2.27. The molecule has 0 aliphatic carbocycles. The largest absolute Gasteiger partial charge is 0.319 e. The number of benzene rings is 1. The third kappa shape index (κ3) is 2.74. The molecule has 0 bridgehead atoms. The molecule has 0 unspecified atom stereocenters. The Morgan fingerprint density at radius 2 is 2.13 bits per heavy atom. The lowest BCUT2D eigenvalue weighted by molar-refractivity contribution is -0.384. The molecule has 3 rings (SSSR count). The first-order chi connectivity index (χ1) is 11.0. The molecule has 2 heterocycles. The fourth-order valence-electron chi connectivity index (χ4n) is 2.29. The lowest BCUT2D eigenvalue weighted by Crippen LogP contribution is -2.15. The standard InChI is InChI=1S/C15H11ClN4O3/c1-9-14(19-7-3-2-4-13(19)17-9)15(21)18-12-6-5-10(20(22)23)8-11(12)16/h2-8H,1H3,(H,18,21). The van der Waals surface area contributed by atoms with E-state index >= 15 is 0 Å². The fourth-order valence-corrected chi connectivity index (χ4v) is 2.51. The van der Waals surface area contributed by atoms with Crippen LogP contribution in [0.2, 0.25) is 5.02 Å². The number of hydrogen-bond donors (Lipinski definition) is 1. The van der Waals surface area contributed by atoms with Crippen LogP contribution in [0.5, 0.6) is 0 Å². The minimum atomic E-state index is -0.549. The fraction of sp³-hybridized carbons (Fsp3) is 0.0667. The van der Waals surface area contributed by atoms with Gasteiger partial charge in [0, 0.05) is 18.3 Å². The van der Waals surface area contributed by atoms with Gasteiger partial charge >= 0.3 is 0 Å². The minimum Gasteiger partial charge on any atom is -0.319 e. The molecule has 0 saturated carbocycles. The van der Waals surface area contributed by atoms with Crippen LogP contribution in [-0.4, -0.2) is 20.2 Å². The molecule has 0 aliphatic rings. The highest BCUT2D eigenvalue weighted by atomic mass is 35.5. The van der Waals surface area contributed by atoms with Crippen LogP contribution in [0.4, 0.5) is 11.4 Å². The van der Waals surface area contributed by atoms with Gasteiger partial charge in [-0.1, -0.05) is 17.7 Å². The van der Waals surface area contributed by atoms with Crippen LogP contribution in [0.1, 0.15) is 16.2 Å². The number of carbonyl (C=O) groups is 1. The molecule has 0 spiro atoms. The average molecular weight is 331 g/mol. The van der Waals surface area contributed by atoms with Crippen molar-refractivity contribution in [3.05, 3.63) is 69.1 Å². The predicted molar refractivity (Wildman–Crippen MR) is 86.0 cm³/mol. The first-order valence-corrected chi connectivity index (χ1v) is 7.04. The minimum absolute atomic E-state index is 0.0963. The van der Waals surface area contributed by atoms with Crippen molar-refractivity contribution in [3.63, 3.8) is 0 Å². The van der Waals surface area contributed by atoms with Crippen molar-refractivity contribution >= 4 is 34.5 Å². The van der Waals surface area contributed by atoms with Crippen molar-refractivity contribution < 1.29 is 9.72 Å². The van der Waals surface area contributed by atoms with Crippen molar-refractivity contribution in [1.29, 1.82) is 0 Å². The Bertz CT molecular complexity index is 936. The Morgan fingerprint density at radius 3 is 2.83 bits per heavy atom. The second-order valence-corrected chi connectivity index (χ2v) is 5.26. The molecule has 3 aromatic rings. The number of anilines is 1. The molecule has 0 radical (unpaired) electrons. The number of nitrogens with zero attached hydrogens (tertiary/aromatic N) is 3. The summed E-state index contributed by atoms with van der Waals surface area (Å²) in [5.41, 5.74) is 1.78. The van der Waals surface area contributed by atoms with Gasteiger partial charge in [-0.05, 0) is 25.1 Å². The lowest BCUT2D eigenvalue weighted by Gasteiger charge is -2.07. The Balaban J connectivity index is 1.95. The number of imidazole rings is 1. The van der Waals surface area contributed by atoms with E-state index in [1.54, 1.807) is 29.7 Å². The molecule has 0 fully saturated rings. The topological polar surface area (TPSA) is 89.5 Å². The predicted octanol–water partition coefficient (Wildman–Crippen LogP) is 3.46. The van der Waals surface area contributed by atoms with Gasteiger partial charge in [0.2, 0.25) is 0 Å². The van der Waals surface area contributed by atoms with Crippen molar-refractivity contribution in [2.45, 2.75) is 6.92 Å². The lowest BCUT2D eigenvalue weighted by atomic mass is 10.2. The number of pyridine rings is 1. The SMILES string of the molecule is Cc1nc2ccccn2c1C(=O)Nc1ccc([N+](=O)[O-])cc1Cl. The molecule has 1 N–H and O–H groups in total. The number of nitrogens with one attached hydrogen (secondary N) is 1. The van der Waals surface area contributed by atoms with E-state index in [2.05, 4.69) is 10.3 Å². The van der Waals surface area contributed by atoms with Gasteiger partial charge in [0.25, 0.3) is 11.6 Å². The maximum Gasteiger partial charge on any atom is 0.274 e. The van der Waals surface area contributed by atoms with Crippen LogP contribution in [0.3, 0.4) is 0 Å². The Kier molecular flexibility index (Phi) is 3.71. The highest BCUT2D eigenvalue weighted by molar-refractivity contribution is 6.34. The number of aromatic nitrogens is 2. The van der Waals surface area contributed by atoms with Gasteiger partial charge in [0.05, 0.1) is 21.3 Å². The van der Waals surface area contributed by atoms with Crippen LogP contribution in [-0.2, 0) is 0 Å². The van der Waals surface area contributed by atoms with Crippen molar-refractivity contribution in [1.82, 2.24) is 9.38 Å². The number of non-ortho nitro benzene ring substituents is 1. The molecule has 0 atom stereocenters. The Hall–Kier alpha value is -2.93. The number of halogens is 1. The van der Waals surface area contributed by atoms with E-state index < -0.39 is 10.8 Å². The summed E-state index contributed by atoms with van der Waals surface area (Å²) in [5.74, 6) is -0.392. The van der Waals surface area contributed by atoms with Gasteiger partial charge in [0.15, 0.2) is 0 Å². The zero-order valence-corrected chi connectivity index (χ0v) is 12.7. The van der Waals surface area contributed by atoms with Crippen LogP contribution >= 0.6 is 11.6 Å². The maximum absolute atomic E-state index is 12.5. The van der Waals surface area contributed by atoms with Crippen LogP contribution in [0.25, 0.3) is 5.65 Å². The second kappa shape index (κ2) is 5.69. The van der Waals surface area contributed by atoms with Crippen LogP contribution in [0, 0.1) is 17.0 Å². The van der Waals surface area contributed by atoms with E-state index in [1.165, 1.54) is 18.2 Å². The normalized spacial score (nSPS) is 10.7. The van der Waals surface area contributed by atoms with Crippen LogP contribution in [0.15, 0.2) is 42.6 Å². The van der Waals surface area contributed by atoms with Gasteiger partial charge in [0.1, 0.15) is 11.3 Å². The van der Waals surface area contributed by atoms with Gasteiger partial charge in [-0.25, -0.2) is 4.98 Å². The number of amides is 1. The number of nitro groups is 1. The number of rotatable bonds is 3. The van der Waals surface area contributed by atoms with Crippen molar-refractivity contribution in [2.24, 2.45) is 0 Å². The second-order valence-electron chi connectivity index (χ2n) is 4.85. The molecule has 1 aromatic carbocycles. The summed E-state index contributed by atoms with van der Waals surface area (Å²) in [6.07, 6.45) is 1.74. The molecule has 0 aliphatic heterocycles. The summed E-state index contributed by atoms with van der Waals surface area (Å²) < 4.78 is 1.67. The molecule has 2 aromatic heterocycles. The molecule has 0 saturated heterocycles. The monoisotopic (exact) mass is 330 g/mol. The van der Waals surface area contributed by atoms with Gasteiger partial charge in [-0.15, -0.1) is 0 Å². The smallest absolute Gasteiger partial charge is 0.274 e. The molecule has 116 valence electrons. The zero-order valence-electron chi connectivity index (χ0n) is 12.0. The number of nitro benzene ring substituents is 1. The number of fused-ring (bicyclic) bond motifs is 1. The number of carbonyl (C=O) groups excluding carboxylic acids is 1. The van der Waals surface area contributed by atoms with Gasteiger partial charge in [-0.3, -0.25) is 19.3 Å². The summed E-state index contributed by atoms with van der Waals surface area (Å²) in [5, 5.41) is 13.5. The third-order valence-electron chi connectivity index (χ3n) is 3.33.